The SMILES string of the molecule is COc1ccc(-n2nnnc2C(C2CC2)N2CCC(n3c(=O)[nH]c4ccccc43)CC2)cc1. The number of likely N-dealkylation sites (tertiary alicyclic amines) is 1. The summed E-state index contributed by atoms with van der Waals surface area (Å²) >= 11 is 0. The summed E-state index contributed by atoms with van der Waals surface area (Å²) in [5, 5.41) is 12.8. The summed E-state index contributed by atoms with van der Waals surface area (Å²) in [5.41, 5.74) is 2.81. The third-order valence-corrected chi connectivity index (χ3v) is 7.03. The number of rotatable bonds is 6. The highest BCUT2D eigenvalue weighted by atomic mass is 16.5. The molecule has 0 radical (unpaired) electrons. The standard InChI is InChI=1S/C24H27N7O2/c1-33-19-10-8-18(9-11-19)31-23(26-27-28-31)22(16-6-7-16)29-14-12-17(13-15-29)30-21-5-3-2-4-20(21)25-24(30)32/h2-5,8-11,16-17,22H,6-7,12-15H2,1H3,(H,25,32). The molecular formula is C24H27N7O2. The molecule has 4 aromatic rings. The number of para-hydroxylation sites is 2. The van der Waals surface area contributed by atoms with Crippen LogP contribution in [0.4, 0.5) is 0 Å². The molecule has 170 valence electrons. The summed E-state index contributed by atoms with van der Waals surface area (Å²) in [5.74, 6) is 2.27. The molecule has 3 heterocycles. The van der Waals surface area contributed by atoms with Gasteiger partial charge in [0.15, 0.2) is 5.82 Å². The fraction of sp³-hybridized carbons (Fsp3) is 0.417. The zero-order valence-corrected chi connectivity index (χ0v) is 18.6. The molecule has 2 fully saturated rings. The van der Waals surface area contributed by atoms with E-state index in [-0.39, 0.29) is 17.8 Å². The number of aromatic amines is 1. The van der Waals surface area contributed by atoms with Gasteiger partial charge in [-0.25, -0.2) is 4.79 Å². The van der Waals surface area contributed by atoms with Gasteiger partial charge in [0.1, 0.15) is 5.75 Å². The lowest BCUT2D eigenvalue weighted by Crippen LogP contribution is -2.40. The number of piperidine rings is 1. The molecule has 2 aromatic heterocycles. The first kappa shape index (κ1) is 20.2. The van der Waals surface area contributed by atoms with E-state index < -0.39 is 0 Å². The van der Waals surface area contributed by atoms with Gasteiger partial charge in [-0.05, 0) is 78.4 Å². The van der Waals surface area contributed by atoms with E-state index in [1.165, 1.54) is 12.8 Å². The van der Waals surface area contributed by atoms with Crippen LogP contribution < -0.4 is 10.4 Å². The number of ether oxygens (including phenoxy) is 1. The lowest BCUT2D eigenvalue weighted by molar-refractivity contribution is 0.114. The minimum absolute atomic E-state index is 0.0168. The maximum absolute atomic E-state index is 12.7. The molecule has 1 saturated heterocycles. The Hall–Kier alpha value is -3.46. The van der Waals surface area contributed by atoms with Crippen LogP contribution >= 0.6 is 0 Å². The summed E-state index contributed by atoms with van der Waals surface area (Å²) in [6.07, 6.45) is 4.24. The van der Waals surface area contributed by atoms with E-state index >= 15 is 0 Å². The van der Waals surface area contributed by atoms with Crippen molar-refractivity contribution in [3.63, 3.8) is 0 Å². The van der Waals surface area contributed by atoms with Gasteiger partial charge >= 0.3 is 5.69 Å². The second-order valence-electron chi connectivity index (χ2n) is 9.01. The summed E-state index contributed by atoms with van der Waals surface area (Å²) in [6.45, 7) is 1.82. The van der Waals surface area contributed by atoms with Crippen molar-refractivity contribution < 1.29 is 4.74 Å². The third kappa shape index (κ3) is 3.62. The van der Waals surface area contributed by atoms with Crippen molar-refractivity contribution >= 4 is 11.0 Å². The van der Waals surface area contributed by atoms with E-state index in [2.05, 4.69) is 25.4 Å². The molecule has 1 aliphatic heterocycles. The van der Waals surface area contributed by atoms with Crippen LogP contribution in [0.5, 0.6) is 5.75 Å². The van der Waals surface area contributed by atoms with Crippen LogP contribution in [0.1, 0.15) is 43.6 Å². The van der Waals surface area contributed by atoms with Crippen LogP contribution in [0.25, 0.3) is 16.7 Å². The molecule has 9 nitrogen and oxygen atoms in total. The first-order chi connectivity index (χ1) is 16.2. The maximum Gasteiger partial charge on any atom is 0.326 e. The van der Waals surface area contributed by atoms with E-state index in [0.29, 0.717) is 5.92 Å². The number of nitrogens with zero attached hydrogens (tertiary/aromatic N) is 6. The van der Waals surface area contributed by atoms with Gasteiger partial charge in [-0.1, -0.05) is 12.1 Å². The van der Waals surface area contributed by atoms with E-state index in [4.69, 9.17) is 4.74 Å². The highest BCUT2D eigenvalue weighted by Crippen LogP contribution is 2.45. The molecule has 0 bridgehead atoms. The predicted molar refractivity (Wildman–Crippen MR) is 124 cm³/mol. The average molecular weight is 446 g/mol. The molecule has 1 saturated carbocycles. The van der Waals surface area contributed by atoms with Gasteiger partial charge in [-0.3, -0.25) is 9.47 Å². The molecule has 2 aromatic carbocycles. The monoisotopic (exact) mass is 445 g/mol. The first-order valence-electron chi connectivity index (χ1n) is 11.6. The summed E-state index contributed by atoms with van der Waals surface area (Å²) in [4.78, 5) is 18.2. The summed E-state index contributed by atoms with van der Waals surface area (Å²) < 4.78 is 9.09. The highest BCUT2D eigenvalue weighted by molar-refractivity contribution is 5.75. The lowest BCUT2D eigenvalue weighted by atomic mass is 10.00. The Bertz CT molecular complexity index is 1310. The van der Waals surface area contributed by atoms with Gasteiger partial charge in [0.05, 0.1) is 29.9 Å². The third-order valence-electron chi connectivity index (χ3n) is 7.03. The van der Waals surface area contributed by atoms with E-state index in [1.54, 1.807) is 7.11 Å². The van der Waals surface area contributed by atoms with Gasteiger partial charge in [-0.15, -0.1) is 5.10 Å². The molecule has 1 unspecified atom stereocenters. The molecule has 2 aliphatic rings. The molecular weight excluding hydrogens is 418 g/mol. The normalized spacial score (nSPS) is 18.6. The fourth-order valence-corrected chi connectivity index (χ4v) is 5.23. The van der Waals surface area contributed by atoms with Crippen molar-refractivity contribution in [2.75, 3.05) is 20.2 Å². The van der Waals surface area contributed by atoms with Gasteiger partial charge in [0.2, 0.25) is 0 Å². The minimum Gasteiger partial charge on any atom is -0.497 e. The molecule has 6 rings (SSSR count). The number of tetrazole rings is 1. The lowest BCUT2D eigenvalue weighted by Gasteiger charge is -2.37. The summed E-state index contributed by atoms with van der Waals surface area (Å²) in [7, 11) is 1.66. The Morgan fingerprint density at radius 2 is 1.79 bits per heavy atom. The largest absolute Gasteiger partial charge is 0.497 e. The van der Waals surface area contributed by atoms with Crippen molar-refractivity contribution in [3.05, 3.63) is 64.8 Å². The molecule has 1 atom stereocenters. The quantitative estimate of drug-likeness (QED) is 0.490. The van der Waals surface area contributed by atoms with Gasteiger partial charge in [0.25, 0.3) is 0 Å². The number of benzene rings is 2. The van der Waals surface area contributed by atoms with Crippen molar-refractivity contribution in [1.29, 1.82) is 0 Å². The number of nitrogens with one attached hydrogen (secondary N) is 1. The number of hydrogen-bond acceptors (Lipinski definition) is 6. The molecule has 9 heteroatoms. The number of H-pyrrole nitrogens is 1. The predicted octanol–water partition coefficient (Wildman–Crippen LogP) is 3.10. The second-order valence-corrected chi connectivity index (χ2v) is 9.01. The number of imidazole rings is 1. The van der Waals surface area contributed by atoms with E-state index in [9.17, 15) is 4.79 Å². The van der Waals surface area contributed by atoms with Crippen LogP contribution in [0.2, 0.25) is 0 Å². The van der Waals surface area contributed by atoms with Crippen LogP contribution in [-0.4, -0.2) is 54.9 Å². The van der Waals surface area contributed by atoms with Crippen LogP contribution in [0.15, 0.2) is 53.3 Å². The van der Waals surface area contributed by atoms with Crippen molar-refractivity contribution in [1.82, 2.24) is 34.7 Å². The number of aromatic nitrogens is 6. The van der Waals surface area contributed by atoms with Crippen molar-refractivity contribution in [2.24, 2.45) is 5.92 Å². The van der Waals surface area contributed by atoms with Crippen LogP contribution in [-0.2, 0) is 0 Å². The molecule has 1 N–H and O–H groups in total. The average Bonchev–Trinajstić information content (AvgIpc) is 3.46. The van der Waals surface area contributed by atoms with Gasteiger partial charge < -0.3 is 9.72 Å². The maximum atomic E-state index is 12.7. The van der Waals surface area contributed by atoms with E-state index in [1.807, 2.05) is 57.8 Å². The smallest absolute Gasteiger partial charge is 0.326 e. The Morgan fingerprint density at radius 3 is 2.52 bits per heavy atom. The van der Waals surface area contributed by atoms with Crippen molar-refractivity contribution in [3.8, 4) is 11.4 Å². The topological polar surface area (TPSA) is 93.9 Å². The Labute approximate surface area is 191 Å². The van der Waals surface area contributed by atoms with E-state index in [0.717, 1.165) is 54.2 Å². The molecule has 1 aliphatic carbocycles. The van der Waals surface area contributed by atoms with Crippen molar-refractivity contribution in [2.45, 2.75) is 37.8 Å². The van der Waals surface area contributed by atoms with Crippen LogP contribution in [0.3, 0.4) is 0 Å². The fourth-order valence-electron chi connectivity index (χ4n) is 5.23. The first-order valence-corrected chi connectivity index (χ1v) is 11.6. The van der Waals surface area contributed by atoms with Gasteiger partial charge in [-0.2, -0.15) is 4.68 Å². The molecule has 0 spiro atoms. The Balaban J connectivity index is 1.25. The molecule has 33 heavy (non-hydrogen) atoms. The zero-order chi connectivity index (χ0) is 22.4. The molecule has 0 amide bonds. The Kier molecular flexibility index (Phi) is 4.98. The summed E-state index contributed by atoms with van der Waals surface area (Å²) in [6, 6.07) is 16.1. The number of hydrogen-bond donors (Lipinski definition) is 1. The number of fused-ring (bicyclic) bond motifs is 1. The highest BCUT2D eigenvalue weighted by Gasteiger charge is 2.41. The Morgan fingerprint density at radius 1 is 1.03 bits per heavy atom. The van der Waals surface area contributed by atoms with Crippen LogP contribution in [0, 0.1) is 5.92 Å². The number of methoxy groups -OCH3 is 1. The second kappa shape index (κ2) is 8.15. The van der Waals surface area contributed by atoms with Gasteiger partial charge in [0, 0.05) is 19.1 Å². The zero-order valence-electron chi connectivity index (χ0n) is 18.6. The minimum atomic E-state index is -0.0168.